The van der Waals surface area contributed by atoms with Crippen LogP contribution in [0, 0.1) is 18.8 Å². The Morgan fingerprint density at radius 2 is 2.11 bits per heavy atom. The van der Waals surface area contributed by atoms with E-state index in [4.69, 9.17) is 20.9 Å². The molecule has 4 rings (SSSR count). The molecule has 198 valence electrons. The fraction of sp³-hybridized carbons (Fsp3) is 0.400. The predicted molar refractivity (Wildman–Crippen MR) is 143 cm³/mol. The van der Waals surface area contributed by atoms with E-state index in [2.05, 4.69) is 15.3 Å². The zero-order chi connectivity index (χ0) is 27.0. The monoisotopic (exact) mass is 564 g/mol. The Labute approximate surface area is 225 Å². The van der Waals surface area contributed by atoms with Gasteiger partial charge in [0.25, 0.3) is 0 Å². The number of aryl methyl sites for hydroxylation is 1. The number of hydrogen-bond donors (Lipinski definition) is 3. The van der Waals surface area contributed by atoms with Crippen molar-refractivity contribution in [1.82, 2.24) is 9.97 Å². The minimum Gasteiger partial charge on any atom is -0.381 e. The van der Waals surface area contributed by atoms with Crippen molar-refractivity contribution in [1.29, 1.82) is 0 Å². The number of carbonyl (C=O) groups is 1. The summed E-state index contributed by atoms with van der Waals surface area (Å²) in [5.74, 6) is 0.327. The minimum absolute atomic E-state index is 0.00645. The molecular formula is C25H29ClN4O5S2. The number of aromatic nitrogens is 2. The van der Waals surface area contributed by atoms with Crippen molar-refractivity contribution in [3.63, 3.8) is 0 Å². The van der Waals surface area contributed by atoms with E-state index in [9.17, 15) is 18.3 Å². The van der Waals surface area contributed by atoms with E-state index in [1.807, 2.05) is 13.8 Å². The zero-order valence-corrected chi connectivity index (χ0v) is 23.0. The highest BCUT2D eigenvalue weighted by atomic mass is 35.5. The Kier molecular flexibility index (Phi) is 8.03. The maximum atomic E-state index is 13.6. The van der Waals surface area contributed by atoms with Crippen molar-refractivity contribution in [2.24, 2.45) is 17.0 Å². The summed E-state index contributed by atoms with van der Waals surface area (Å²) in [6.07, 6.45) is 4.23. The van der Waals surface area contributed by atoms with E-state index >= 15 is 0 Å². The summed E-state index contributed by atoms with van der Waals surface area (Å²) < 4.78 is 27.1. The van der Waals surface area contributed by atoms with Crippen molar-refractivity contribution >= 4 is 44.8 Å². The fourth-order valence-corrected chi connectivity index (χ4v) is 6.46. The molecule has 1 aromatic carbocycles. The second-order valence-corrected chi connectivity index (χ2v) is 12.5. The molecule has 2 heterocycles. The number of hydrogen-bond acceptors (Lipinski definition) is 9. The molecule has 9 nitrogen and oxygen atoms in total. The number of ketones is 1. The molecule has 1 aliphatic carbocycles. The lowest BCUT2D eigenvalue weighted by molar-refractivity contribution is 0.101. The SMILES string of the molecule is Cc1sc(C(=O)c2cncnc2N[C@@H]2C[C@H](COS(N)(=O)=O)[C@@H](C)C2)cc1C(C)(O)c1cccc(Cl)c1. The molecule has 4 atom stereocenters. The molecule has 0 radical (unpaired) electrons. The van der Waals surface area contributed by atoms with Crippen LogP contribution in [0.4, 0.5) is 5.82 Å². The molecule has 4 N–H and O–H groups in total. The molecule has 1 fully saturated rings. The highest BCUT2D eigenvalue weighted by molar-refractivity contribution is 7.84. The molecular weight excluding hydrogens is 536 g/mol. The molecule has 1 aliphatic rings. The second-order valence-electron chi connectivity index (χ2n) is 9.60. The van der Waals surface area contributed by atoms with Gasteiger partial charge in [0.2, 0.25) is 5.78 Å². The van der Waals surface area contributed by atoms with Gasteiger partial charge in [0.15, 0.2) is 0 Å². The van der Waals surface area contributed by atoms with E-state index in [1.165, 1.54) is 23.9 Å². The molecule has 0 saturated heterocycles. The molecule has 0 aliphatic heterocycles. The number of nitrogens with two attached hydrogens (primary N) is 1. The van der Waals surface area contributed by atoms with Gasteiger partial charge in [0, 0.05) is 27.7 Å². The third-order valence-electron chi connectivity index (χ3n) is 6.85. The van der Waals surface area contributed by atoms with E-state index in [1.54, 1.807) is 37.3 Å². The van der Waals surface area contributed by atoms with Gasteiger partial charge in [-0.3, -0.25) is 8.98 Å². The van der Waals surface area contributed by atoms with Crippen LogP contribution in [0.3, 0.4) is 0 Å². The highest BCUT2D eigenvalue weighted by Gasteiger charge is 2.34. The van der Waals surface area contributed by atoms with E-state index in [0.717, 1.165) is 11.3 Å². The lowest BCUT2D eigenvalue weighted by atomic mass is 9.88. The van der Waals surface area contributed by atoms with E-state index in [-0.39, 0.29) is 30.3 Å². The van der Waals surface area contributed by atoms with Crippen LogP contribution < -0.4 is 10.5 Å². The summed E-state index contributed by atoms with van der Waals surface area (Å²) in [7, 11) is -4.00. The lowest BCUT2D eigenvalue weighted by Crippen LogP contribution is -2.23. The molecule has 0 amide bonds. The molecule has 37 heavy (non-hydrogen) atoms. The van der Waals surface area contributed by atoms with Crippen LogP contribution in [0.5, 0.6) is 0 Å². The number of carbonyl (C=O) groups excluding carboxylic acids is 1. The van der Waals surface area contributed by atoms with Gasteiger partial charge in [0.1, 0.15) is 17.7 Å². The van der Waals surface area contributed by atoms with Gasteiger partial charge in [-0.1, -0.05) is 30.7 Å². The lowest BCUT2D eigenvalue weighted by Gasteiger charge is -2.24. The third kappa shape index (κ3) is 6.36. The largest absolute Gasteiger partial charge is 0.381 e. The van der Waals surface area contributed by atoms with Crippen molar-refractivity contribution in [2.45, 2.75) is 45.3 Å². The first-order chi connectivity index (χ1) is 17.3. The normalized spacial score (nSPS) is 21.5. The van der Waals surface area contributed by atoms with Crippen LogP contribution in [0.2, 0.25) is 5.02 Å². The highest BCUT2D eigenvalue weighted by Crippen LogP contribution is 2.38. The van der Waals surface area contributed by atoms with Crippen LogP contribution in [-0.2, 0) is 20.1 Å². The Morgan fingerprint density at radius 1 is 1.35 bits per heavy atom. The predicted octanol–water partition coefficient (Wildman–Crippen LogP) is 4.03. The average Bonchev–Trinajstić information content (AvgIpc) is 3.39. The van der Waals surface area contributed by atoms with Crippen molar-refractivity contribution < 1.29 is 22.5 Å². The molecule has 3 aromatic rings. The Balaban J connectivity index is 1.54. The van der Waals surface area contributed by atoms with Crippen LogP contribution >= 0.6 is 22.9 Å². The van der Waals surface area contributed by atoms with Crippen molar-refractivity contribution in [2.75, 3.05) is 11.9 Å². The van der Waals surface area contributed by atoms with Crippen molar-refractivity contribution in [3.8, 4) is 0 Å². The first-order valence-electron chi connectivity index (χ1n) is 11.7. The molecule has 1 saturated carbocycles. The van der Waals surface area contributed by atoms with Gasteiger partial charge < -0.3 is 10.4 Å². The van der Waals surface area contributed by atoms with Gasteiger partial charge in [-0.25, -0.2) is 15.1 Å². The number of nitrogens with one attached hydrogen (secondary N) is 1. The minimum atomic E-state index is -4.00. The summed E-state index contributed by atoms with van der Waals surface area (Å²) in [5.41, 5.74) is 0.222. The molecule has 0 spiro atoms. The third-order valence-corrected chi connectivity index (χ3v) is 8.59. The summed E-state index contributed by atoms with van der Waals surface area (Å²) in [5, 5.41) is 20.2. The zero-order valence-electron chi connectivity index (χ0n) is 20.6. The number of rotatable bonds is 9. The molecule has 1 unspecified atom stereocenters. The number of anilines is 1. The Morgan fingerprint density at radius 3 is 2.81 bits per heavy atom. The number of thiophene rings is 1. The summed E-state index contributed by atoms with van der Waals surface area (Å²) in [6, 6.07) is 8.68. The fourth-order valence-electron chi connectivity index (χ4n) is 4.83. The number of benzene rings is 1. The van der Waals surface area contributed by atoms with Gasteiger partial charge in [-0.15, -0.1) is 11.3 Å². The molecule has 2 aromatic heterocycles. The summed E-state index contributed by atoms with van der Waals surface area (Å²) >= 11 is 7.43. The first kappa shape index (κ1) is 27.6. The Bertz CT molecular complexity index is 1410. The van der Waals surface area contributed by atoms with Gasteiger partial charge in [-0.2, -0.15) is 8.42 Å². The van der Waals surface area contributed by atoms with E-state index < -0.39 is 15.9 Å². The van der Waals surface area contributed by atoms with Crippen LogP contribution in [0.25, 0.3) is 0 Å². The molecule has 12 heteroatoms. The number of nitrogens with zero attached hydrogens (tertiary/aromatic N) is 2. The maximum Gasteiger partial charge on any atom is 0.333 e. The maximum absolute atomic E-state index is 13.6. The summed E-state index contributed by atoms with van der Waals surface area (Å²) in [4.78, 5) is 23.2. The van der Waals surface area contributed by atoms with E-state index in [0.29, 0.717) is 38.8 Å². The molecule has 0 bridgehead atoms. The van der Waals surface area contributed by atoms with Gasteiger partial charge in [0.05, 0.1) is 17.0 Å². The Hall–Kier alpha value is -2.41. The van der Waals surface area contributed by atoms with Gasteiger partial charge >= 0.3 is 10.3 Å². The quantitative estimate of drug-likeness (QED) is 0.330. The smallest absolute Gasteiger partial charge is 0.333 e. The average molecular weight is 565 g/mol. The first-order valence-corrected chi connectivity index (χ1v) is 14.4. The van der Waals surface area contributed by atoms with Crippen LogP contribution in [0.15, 0.2) is 42.9 Å². The van der Waals surface area contributed by atoms with Crippen molar-refractivity contribution in [3.05, 3.63) is 74.3 Å². The number of halogens is 1. The second kappa shape index (κ2) is 10.8. The number of aliphatic hydroxyl groups is 1. The standard InChI is InChI=1S/C25H29ClN4O5S2/c1-14-7-19(8-16(14)12-35-37(27,33)34)30-24-20(11-28-13-29-24)23(31)22-10-21(15(2)36-22)25(3,32)17-5-4-6-18(26)9-17/h4-6,9-11,13-14,16,19,32H,7-8,12H2,1-3H3,(H2,27,33,34)(H,28,29,30)/t14-,16+,19-,25?/m0/s1. The summed E-state index contributed by atoms with van der Waals surface area (Å²) in [6.45, 7) is 5.57. The topological polar surface area (TPSA) is 144 Å². The van der Waals surface area contributed by atoms with Gasteiger partial charge in [-0.05, 0) is 62.3 Å². The van der Waals surface area contributed by atoms with Crippen LogP contribution in [0.1, 0.15) is 57.9 Å². The van der Waals surface area contributed by atoms with Crippen LogP contribution in [-0.4, -0.2) is 41.9 Å².